The summed E-state index contributed by atoms with van der Waals surface area (Å²) in [4.78, 5) is 15.0. The predicted octanol–water partition coefficient (Wildman–Crippen LogP) is 3.19. The normalized spacial score (nSPS) is 24.0. The first-order valence-corrected chi connectivity index (χ1v) is 7.95. The molecule has 0 radical (unpaired) electrons. The van der Waals surface area contributed by atoms with Crippen molar-refractivity contribution < 1.29 is 19.0 Å². The van der Waals surface area contributed by atoms with Gasteiger partial charge in [-0.2, -0.15) is 0 Å². The van der Waals surface area contributed by atoms with E-state index in [1.54, 1.807) is 32.4 Å². The molecule has 124 valence electrons. The van der Waals surface area contributed by atoms with Crippen molar-refractivity contribution in [3.8, 4) is 11.5 Å². The molecule has 3 atom stereocenters. The van der Waals surface area contributed by atoms with Crippen molar-refractivity contribution >= 4 is 11.6 Å². The van der Waals surface area contributed by atoms with Gasteiger partial charge in [-0.1, -0.05) is 18.2 Å². The molecule has 0 aliphatic carbocycles. The number of fused-ring (bicyclic) bond motifs is 3. The smallest absolute Gasteiger partial charge is 0.258 e. The maximum absolute atomic E-state index is 13.2. The number of benzene rings is 2. The van der Waals surface area contributed by atoms with Gasteiger partial charge in [0.25, 0.3) is 5.91 Å². The van der Waals surface area contributed by atoms with E-state index in [1.165, 1.54) is 0 Å². The first kappa shape index (κ1) is 15.0. The Bertz CT molecular complexity index is 804. The van der Waals surface area contributed by atoms with E-state index in [2.05, 4.69) is 0 Å². The number of amides is 1. The number of carbonyl (C=O) groups is 1. The first-order chi connectivity index (χ1) is 11.7. The van der Waals surface area contributed by atoms with Crippen LogP contribution in [0, 0.1) is 0 Å². The van der Waals surface area contributed by atoms with Gasteiger partial charge >= 0.3 is 0 Å². The summed E-state index contributed by atoms with van der Waals surface area (Å²) in [6.45, 7) is 2.03. The molecule has 0 spiro atoms. The van der Waals surface area contributed by atoms with E-state index in [0.29, 0.717) is 17.1 Å². The van der Waals surface area contributed by atoms with Gasteiger partial charge < -0.3 is 19.1 Å². The van der Waals surface area contributed by atoms with Gasteiger partial charge in [-0.3, -0.25) is 4.79 Å². The third-order valence-electron chi connectivity index (χ3n) is 4.76. The molecule has 1 fully saturated rings. The highest BCUT2D eigenvalue weighted by atomic mass is 16.6. The fourth-order valence-corrected chi connectivity index (χ4v) is 3.46. The summed E-state index contributed by atoms with van der Waals surface area (Å²) >= 11 is 0. The van der Waals surface area contributed by atoms with Crippen molar-refractivity contribution in [2.45, 2.75) is 25.2 Å². The molecule has 24 heavy (non-hydrogen) atoms. The molecule has 5 nitrogen and oxygen atoms in total. The number of methoxy groups -OCH3 is 2. The monoisotopic (exact) mass is 325 g/mol. The summed E-state index contributed by atoms with van der Waals surface area (Å²) in [6, 6.07) is 13.2. The minimum absolute atomic E-state index is 0.00880. The first-order valence-electron chi connectivity index (χ1n) is 7.95. The largest absolute Gasteiger partial charge is 0.493 e. The van der Waals surface area contributed by atoms with Gasteiger partial charge in [0.05, 0.1) is 25.9 Å². The van der Waals surface area contributed by atoms with Crippen LogP contribution in [0.15, 0.2) is 42.5 Å². The maximum atomic E-state index is 13.2. The molecule has 0 saturated carbocycles. The van der Waals surface area contributed by atoms with Gasteiger partial charge in [0.1, 0.15) is 12.2 Å². The van der Waals surface area contributed by atoms with Gasteiger partial charge in [-0.05, 0) is 31.2 Å². The van der Waals surface area contributed by atoms with Crippen molar-refractivity contribution in [3.63, 3.8) is 0 Å². The molecule has 0 N–H and O–H groups in total. The highest BCUT2D eigenvalue weighted by Gasteiger charge is 2.53. The van der Waals surface area contributed by atoms with Crippen molar-refractivity contribution in [2.75, 3.05) is 19.1 Å². The van der Waals surface area contributed by atoms with E-state index < -0.39 is 0 Å². The molecule has 0 aromatic heterocycles. The van der Waals surface area contributed by atoms with Gasteiger partial charge in [-0.25, -0.2) is 0 Å². The number of ether oxygens (including phenoxy) is 3. The molecule has 0 bridgehead atoms. The second-order valence-corrected chi connectivity index (χ2v) is 6.07. The maximum Gasteiger partial charge on any atom is 0.258 e. The molecule has 2 aromatic rings. The Kier molecular flexibility index (Phi) is 3.46. The Morgan fingerprint density at radius 2 is 1.83 bits per heavy atom. The number of nitrogens with zero attached hydrogens (tertiary/aromatic N) is 1. The minimum Gasteiger partial charge on any atom is -0.493 e. The van der Waals surface area contributed by atoms with E-state index in [1.807, 2.05) is 36.1 Å². The van der Waals surface area contributed by atoms with Gasteiger partial charge in [-0.15, -0.1) is 0 Å². The summed E-state index contributed by atoms with van der Waals surface area (Å²) in [7, 11) is 3.14. The second kappa shape index (κ2) is 5.53. The van der Waals surface area contributed by atoms with Crippen LogP contribution in [0.4, 0.5) is 5.69 Å². The SMILES string of the molecule is COc1ccc(C(=O)N2c3ccccc3C3OC3C2C)cc1OC. The fraction of sp³-hybridized carbons (Fsp3) is 0.316. The molecule has 4 rings (SSSR count). The third-order valence-corrected chi connectivity index (χ3v) is 4.76. The van der Waals surface area contributed by atoms with Crippen molar-refractivity contribution in [1.29, 1.82) is 0 Å². The quantitative estimate of drug-likeness (QED) is 0.813. The van der Waals surface area contributed by atoms with Crippen LogP contribution < -0.4 is 14.4 Å². The van der Waals surface area contributed by atoms with Crippen LogP contribution in [-0.2, 0) is 4.74 Å². The summed E-state index contributed by atoms with van der Waals surface area (Å²) < 4.78 is 16.3. The average Bonchev–Trinajstić information content (AvgIpc) is 3.42. The molecule has 1 saturated heterocycles. The second-order valence-electron chi connectivity index (χ2n) is 6.07. The minimum atomic E-state index is -0.0650. The highest BCUT2D eigenvalue weighted by Crippen LogP contribution is 2.51. The van der Waals surface area contributed by atoms with E-state index in [9.17, 15) is 4.79 Å². The summed E-state index contributed by atoms with van der Waals surface area (Å²) in [5.41, 5.74) is 2.56. The lowest BCUT2D eigenvalue weighted by atomic mass is 9.95. The van der Waals surface area contributed by atoms with E-state index in [-0.39, 0.29) is 24.2 Å². The Morgan fingerprint density at radius 1 is 1.08 bits per heavy atom. The number of para-hydroxylation sites is 1. The van der Waals surface area contributed by atoms with E-state index >= 15 is 0 Å². The number of epoxide rings is 1. The van der Waals surface area contributed by atoms with E-state index in [4.69, 9.17) is 14.2 Å². The molecule has 2 aliphatic heterocycles. The van der Waals surface area contributed by atoms with Crippen LogP contribution in [0.5, 0.6) is 11.5 Å². The van der Waals surface area contributed by atoms with Crippen LogP contribution in [0.2, 0.25) is 0 Å². The molecule has 2 aliphatic rings. The van der Waals surface area contributed by atoms with Crippen molar-refractivity contribution in [3.05, 3.63) is 53.6 Å². The lowest BCUT2D eigenvalue weighted by molar-refractivity contribution is 0.0973. The lowest BCUT2D eigenvalue weighted by Crippen LogP contribution is -2.44. The lowest BCUT2D eigenvalue weighted by Gasteiger charge is -2.33. The molecule has 3 unspecified atom stereocenters. The number of carbonyl (C=O) groups excluding carboxylic acids is 1. The number of hydrogen-bond acceptors (Lipinski definition) is 4. The van der Waals surface area contributed by atoms with Gasteiger partial charge in [0.15, 0.2) is 11.5 Å². The number of rotatable bonds is 3. The van der Waals surface area contributed by atoms with E-state index in [0.717, 1.165) is 11.3 Å². The van der Waals surface area contributed by atoms with Crippen LogP contribution in [-0.4, -0.2) is 32.3 Å². The Balaban J connectivity index is 1.75. The molecular formula is C19H19NO4. The van der Waals surface area contributed by atoms with Crippen molar-refractivity contribution in [2.24, 2.45) is 0 Å². The van der Waals surface area contributed by atoms with Gasteiger partial charge in [0.2, 0.25) is 0 Å². The fourth-order valence-electron chi connectivity index (χ4n) is 3.46. The number of anilines is 1. The molecular weight excluding hydrogens is 306 g/mol. The molecule has 2 aromatic carbocycles. The third kappa shape index (κ3) is 2.16. The summed E-state index contributed by atoms with van der Waals surface area (Å²) in [6.07, 6.45) is 0.189. The molecule has 5 heteroatoms. The summed E-state index contributed by atoms with van der Waals surface area (Å²) in [5, 5.41) is 0. The zero-order chi connectivity index (χ0) is 16.8. The zero-order valence-corrected chi connectivity index (χ0v) is 13.9. The summed E-state index contributed by atoms with van der Waals surface area (Å²) in [5.74, 6) is 1.08. The topological polar surface area (TPSA) is 51.3 Å². The number of hydrogen-bond donors (Lipinski definition) is 0. The van der Waals surface area contributed by atoms with Crippen LogP contribution >= 0.6 is 0 Å². The van der Waals surface area contributed by atoms with Crippen molar-refractivity contribution in [1.82, 2.24) is 0 Å². The Hall–Kier alpha value is -2.53. The van der Waals surface area contributed by atoms with Crippen LogP contribution in [0.3, 0.4) is 0 Å². The Labute approximate surface area is 140 Å². The van der Waals surface area contributed by atoms with Crippen LogP contribution in [0.25, 0.3) is 0 Å². The standard InChI is InChI=1S/C19H19NO4/c1-11-17-18(24-17)13-6-4-5-7-14(13)20(11)19(21)12-8-9-15(22-2)16(10-12)23-3/h4-11,17-18H,1-3H3. The van der Waals surface area contributed by atoms with Gasteiger partial charge in [0, 0.05) is 11.1 Å². The molecule has 2 heterocycles. The Morgan fingerprint density at radius 3 is 2.58 bits per heavy atom. The predicted molar refractivity (Wildman–Crippen MR) is 89.9 cm³/mol. The highest BCUT2D eigenvalue weighted by molar-refractivity contribution is 6.07. The zero-order valence-electron chi connectivity index (χ0n) is 13.9. The average molecular weight is 325 g/mol. The van der Waals surface area contributed by atoms with Crippen LogP contribution in [0.1, 0.15) is 28.9 Å². The molecule has 1 amide bonds.